The first-order chi connectivity index (χ1) is 7.19. The number of aryl methyl sites for hydroxylation is 2. The van der Waals surface area contributed by atoms with Crippen molar-refractivity contribution < 1.29 is 0 Å². The van der Waals surface area contributed by atoms with Crippen LogP contribution in [0.2, 0.25) is 0 Å². The molecule has 0 fully saturated rings. The van der Waals surface area contributed by atoms with Crippen molar-refractivity contribution in [3.8, 4) is 0 Å². The maximum absolute atomic E-state index is 5.55. The highest BCUT2D eigenvalue weighted by Gasteiger charge is 2.14. The van der Waals surface area contributed by atoms with E-state index in [2.05, 4.69) is 30.4 Å². The molecule has 4 nitrogen and oxygen atoms in total. The highest BCUT2D eigenvalue weighted by Crippen LogP contribution is 2.13. The molecule has 1 rings (SSSR count). The number of nitrogens with zero attached hydrogens (tertiary/aromatic N) is 2. The molecule has 0 saturated heterocycles. The fourth-order valence-electron chi connectivity index (χ4n) is 1.77. The van der Waals surface area contributed by atoms with E-state index in [1.54, 1.807) is 0 Å². The molecule has 86 valence electrons. The summed E-state index contributed by atoms with van der Waals surface area (Å²) < 4.78 is 1.92. The number of hydrogen-bond acceptors (Lipinski definition) is 3. The number of nitrogens with one attached hydrogen (secondary N) is 1. The molecule has 0 saturated carbocycles. The van der Waals surface area contributed by atoms with Gasteiger partial charge in [-0.1, -0.05) is 20.3 Å². The summed E-state index contributed by atoms with van der Waals surface area (Å²) >= 11 is 0. The summed E-state index contributed by atoms with van der Waals surface area (Å²) in [5.41, 5.74) is 4.17. The van der Waals surface area contributed by atoms with Crippen molar-refractivity contribution in [3.05, 3.63) is 18.0 Å². The first kappa shape index (κ1) is 12.2. The van der Waals surface area contributed by atoms with Crippen molar-refractivity contribution in [1.29, 1.82) is 0 Å². The van der Waals surface area contributed by atoms with Gasteiger partial charge in [0.2, 0.25) is 0 Å². The van der Waals surface area contributed by atoms with Crippen LogP contribution in [-0.4, -0.2) is 15.8 Å². The average molecular weight is 210 g/mol. The van der Waals surface area contributed by atoms with E-state index >= 15 is 0 Å². The van der Waals surface area contributed by atoms with Gasteiger partial charge in [0, 0.05) is 25.0 Å². The minimum Gasteiger partial charge on any atom is -0.273 e. The van der Waals surface area contributed by atoms with Gasteiger partial charge in [0.1, 0.15) is 0 Å². The van der Waals surface area contributed by atoms with Gasteiger partial charge in [-0.05, 0) is 24.8 Å². The molecule has 0 spiro atoms. The fraction of sp³-hybridized carbons (Fsp3) is 0.727. The summed E-state index contributed by atoms with van der Waals surface area (Å²) in [5.74, 6) is 6.17. The molecule has 15 heavy (non-hydrogen) atoms. The summed E-state index contributed by atoms with van der Waals surface area (Å²) in [6.45, 7) is 4.42. The predicted molar refractivity (Wildman–Crippen MR) is 62.1 cm³/mol. The van der Waals surface area contributed by atoms with Crippen molar-refractivity contribution in [2.24, 2.45) is 18.8 Å². The van der Waals surface area contributed by atoms with Gasteiger partial charge in [0.25, 0.3) is 0 Å². The van der Waals surface area contributed by atoms with E-state index in [0.717, 1.165) is 19.3 Å². The molecule has 2 unspecified atom stereocenters. The summed E-state index contributed by atoms with van der Waals surface area (Å²) in [5, 5.41) is 4.15. The van der Waals surface area contributed by atoms with Gasteiger partial charge >= 0.3 is 0 Å². The Balaban J connectivity index is 2.44. The third kappa shape index (κ3) is 3.32. The van der Waals surface area contributed by atoms with Crippen molar-refractivity contribution in [3.63, 3.8) is 0 Å². The molecule has 0 aliphatic rings. The third-order valence-corrected chi connectivity index (χ3v) is 3.18. The standard InChI is InChI=1S/C11H22N4/c1-4-9(2)11(14-12)6-5-10-7-8-13-15(10)3/h7-9,11,14H,4-6,12H2,1-3H3. The predicted octanol–water partition coefficient (Wildman–Crippen LogP) is 1.23. The van der Waals surface area contributed by atoms with Crippen molar-refractivity contribution in [1.82, 2.24) is 15.2 Å². The quantitative estimate of drug-likeness (QED) is 0.548. The van der Waals surface area contributed by atoms with Gasteiger partial charge in [-0.25, -0.2) is 0 Å². The van der Waals surface area contributed by atoms with Crippen molar-refractivity contribution in [2.45, 2.75) is 39.2 Å². The topological polar surface area (TPSA) is 55.9 Å². The van der Waals surface area contributed by atoms with Gasteiger partial charge in [-0.15, -0.1) is 0 Å². The van der Waals surface area contributed by atoms with Gasteiger partial charge in [0.15, 0.2) is 0 Å². The van der Waals surface area contributed by atoms with Crippen LogP contribution in [0.25, 0.3) is 0 Å². The molecular formula is C11H22N4. The molecule has 2 atom stereocenters. The normalized spacial score (nSPS) is 15.2. The second-order valence-electron chi connectivity index (χ2n) is 4.14. The molecule has 1 aromatic rings. The van der Waals surface area contributed by atoms with Crippen molar-refractivity contribution >= 4 is 0 Å². The summed E-state index contributed by atoms with van der Waals surface area (Å²) in [7, 11) is 1.98. The first-order valence-corrected chi connectivity index (χ1v) is 5.62. The zero-order chi connectivity index (χ0) is 11.3. The Morgan fingerprint density at radius 3 is 2.80 bits per heavy atom. The maximum atomic E-state index is 5.55. The molecule has 3 N–H and O–H groups in total. The lowest BCUT2D eigenvalue weighted by Gasteiger charge is -2.21. The van der Waals surface area contributed by atoms with Crippen molar-refractivity contribution in [2.75, 3.05) is 0 Å². The maximum Gasteiger partial charge on any atom is 0.0492 e. The van der Waals surface area contributed by atoms with Crippen LogP contribution < -0.4 is 11.3 Å². The molecule has 1 heterocycles. The van der Waals surface area contributed by atoms with E-state index in [-0.39, 0.29) is 0 Å². The second kappa shape index (κ2) is 5.88. The number of hydrazine groups is 1. The van der Waals surface area contributed by atoms with E-state index in [1.165, 1.54) is 5.69 Å². The number of nitrogens with two attached hydrogens (primary N) is 1. The molecule has 0 aliphatic carbocycles. The Labute approximate surface area is 91.8 Å². The summed E-state index contributed by atoms with van der Waals surface area (Å²) in [4.78, 5) is 0. The van der Waals surface area contributed by atoms with E-state index in [9.17, 15) is 0 Å². The number of rotatable bonds is 6. The molecule has 0 amide bonds. The lowest BCUT2D eigenvalue weighted by Crippen LogP contribution is -2.40. The Hall–Kier alpha value is -0.870. The average Bonchev–Trinajstić information content (AvgIpc) is 2.65. The Morgan fingerprint density at radius 2 is 2.33 bits per heavy atom. The second-order valence-corrected chi connectivity index (χ2v) is 4.14. The SMILES string of the molecule is CCC(C)C(CCc1ccnn1C)NN. The van der Waals surface area contributed by atoms with E-state index in [1.807, 2.05) is 17.9 Å². The molecule has 0 aromatic carbocycles. The van der Waals surface area contributed by atoms with Crippen LogP contribution in [-0.2, 0) is 13.5 Å². The molecule has 4 heteroatoms. The zero-order valence-corrected chi connectivity index (χ0v) is 9.90. The molecule has 0 aliphatic heterocycles. The highest BCUT2D eigenvalue weighted by molar-refractivity contribution is 5.00. The molecule has 0 radical (unpaired) electrons. The van der Waals surface area contributed by atoms with E-state index in [4.69, 9.17) is 5.84 Å². The highest BCUT2D eigenvalue weighted by atomic mass is 15.3. The van der Waals surface area contributed by atoms with E-state index in [0.29, 0.717) is 12.0 Å². The van der Waals surface area contributed by atoms with Crippen LogP contribution in [0.4, 0.5) is 0 Å². The van der Waals surface area contributed by atoms with Crippen LogP contribution >= 0.6 is 0 Å². The Kier molecular flexibility index (Phi) is 4.78. The Bertz CT molecular complexity index is 282. The zero-order valence-electron chi connectivity index (χ0n) is 9.90. The van der Waals surface area contributed by atoms with Gasteiger partial charge < -0.3 is 0 Å². The summed E-state index contributed by atoms with van der Waals surface area (Å²) in [6.07, 6.45) is 5.07. The van der Waals surface area contributed by atoms with E-state index < -0.39 is 0 Å². The first-order valence-electron chi connectivity index (χ1n) is 5.62. The smallest absolute Gasteiger partial charge is 0.0492 e. The lowest BCUT2D eigenvalue weighted by molar-refractivity contribution is 0.351. The molecular weight excluding hydrogens is 188 g/mol. The Morgan fingerprint density at radius 1 is 1.60 bits per heavy atom. The molecule has 0 bridgehead atoms. The minimum absolute atomic E-state index is 0.393. The van der Waals surface area contributed by atoms with Crippen LogP contribution in [0, 0.1) is 5.92 Å². The van der Waals surface area contributed by atoms with Crippen LogP contribution in [0.3, 0.4) is 0 Å². The lowest BCUT2D eigenvalue weighted by atomic mass is 9.95. The van der Waals surface area contributed by atoms with Crippen LogP contribution in [0.1, 0.15) is 32.4 Å². The van der Waals surface area contributed by atoms with Crippen LogP contribution in [0.5, 0.6) is 0 Å². The monoisotopic (exact) mass is 210 g/mol. The third-order valence-electron chi connectivity index (χ3n) is 3.18. The number of aromatic nitrogens is 2. The largest absolute Gasteiger partial charge is 0.273 e. The molecule has 1 aromatic heterocycles. The summed E-state index contributed by atoms with van der Waals surface area (Å²) in [6, 6.07) is 2.45. The van der Waals surface area contributed by atoms with Gasteiger partial charge in [-0.3, -0.25) is 16.0 Å². The number of hydrogen-bond donors (Lipinski definition) is 2. The fourth-order valence-corrected chi connectivity index (χ4v) is 1.77. The van der Waals surface area contributed by atoms with Gasteiger partial charge in [-0.2, -0.15) is 5.10 Å². The minimum atomic E-state index is 0.393. The van der Waals surface area contributed by atoms with Crippen LogP contribution in [0.15, 0.2) is 12.3 Å². The van der Waals surface area contributed by atoms with Gasteiger partial charge in [0.05, 0.1) is 0 Å².